The topological polar surface area (TPSA) is 0 Å². The van der Waals surface area contributed by atoms with E-state index in [9.17, 15) is 0 Å². The van der Waals surface area contributed by atoms with E-state index in [1.165, 1.54) is 18.8 Å². The van der Waals surface area contributed by atoms with Gasteiger partial charge in [0.05, 0.1) is 4.21 Å². The molecule has 0 N–H and O–H groups in total. The minimum Gasteiger partial charge on any atom is -0.143 e. The molecule has 2 rings (SSSR count). The van der Waals surface area contributed by atoms with Gasteiger partial charge in [0.1, 0.15) is 0 Å². The Balaban J connectivity index is 2.76. The number of thioether (sulfide) groups is 1. The second kappa shape index (κ2) is 3.85. The van der Waals surface area contributed by atoms with E-state index in [4.69, 9.17) is 0 Å². The van der Waals surface area contributed by atoms with Crippen LogP contribution in [0.15, 0.2) is 31.8 Å². The van der Waals surface area contributed by atoms with Gasteiger partial charge in [-0.15, -0.1) is 35.7 Å². The molecule has 0 aliphatic carbocycles. The van der Waals surface area contributed by atoms with Gasteiger partial charge in [-0.1, -0.05) is 6.07 Å². The molecule has 0 bridgehead atoms. The Kier molecular flexibility index (Phi) is 2.93. The third kappa shape index (κ3) is 1.77. The van der Waals surface area contributed by atoms with E-state index < -0.39 is 0 Å². The summed E-state index contributed by atoms with van der Waals surface area (Å²) >= 11 is 11.5. The summed E-state index contributed by atoms with van der Waals surface area (Å²) in [4.78, 5) is 1.02. The molecule has 0 aliphatic rings. The highest BCUT2D eigenvalue weighted by molar-refractivity contribution is 9.10. The SMILES string of the molecule is CSc1sc2cc(S)ccc2c1Br. The first-order valence-electron chi connectivity index (χ1n) is 3.67. The molecule has 0 spiro atoms. The molecule has 13 heavy (non-hydrogen) atoms. The van der Waals surface area contributed by atoms with Gasteiger partial charge in [-0.3, -0.25) is 0 Å². The summed E-state index contributed by atoms with van der Waals surface area (Å²) in [6, 6.07) is 6.23. The molecule has 0 fully saturated rings. The van der Waals surface area contributed by atoms with Crippen LogP contribution in [0.5, 0.6) is 0 Å². The van der Waals surface area contributed by atoms with Gasteiger partial charge in [-0.05, 0) is 34.3 Å². The van der Waals surface area contributed by atoms with Crippen molar-refractivity contribution < 1.29 is 0 Å². The summed E-state index contributed by atoms with van der Waals surface area (Å²) < 4.78 is 3.84. The van der Waals surface area contributed by atoms with Gasteiger partial charge in [0.2, 0.25) is 0 Å². The first-order valence-corrected chi connectivity index (χ1v) is 6.95. The van der Waals surface area contributed by atoms with Crippen LogP contribution in [0, 0.1) is 0 Å². The Hall–Kier alpha value is 0.360. The second-order valence-electron chi connectivity index (χ2n) is 2.59. The number of benzene rings is 1. The van der Waals surface area contributed by atoms with E-state index in [-0.39, 0.29) is 0 Å². The Morgan fingerprint density at radius 3 is 2.92 bits per heavy atom. The van der Waals surface area contributed by atoms with Crippen LogP contribution in [0.3, 0.4) is 0 Å². The molecule has 1 aromatic carbocycles. The summed E-state index contributed by atoms with van der Waals surface area (Å²) in [6.07, 6.45) is 2.09. The molecule has 0 saturated carbocycles. The van der Waals surface area contributed by atoms with Crippen molar-refractivity contribution in [3.8, 4) is 0 Å². The van der Waals surface area contributed by atoms with Gasteiger partial charge in [-0.2, -0.15) is 0 Å². The van der Waals surface area contributed by atoms with Crippen molar-refractivity contribution in [1.82, 2.24) is 0 Å². The Morgan fingerprint density at radius 2 is 2.23 bits per heavy atom. The maximum Gasteiger partial charge on any atom is 0.0751 e. The average molecular weight is 291 g/mol. The highest BCUT2D eigenvalue weighted by atomic mass is 79.9. The Bertz CT molecular complexity index is 447. The molecule has 0 radical (unpaired) electrons. The third-order valence-corrected chi connectivity index (χ3v) is 5.67. The van der Waals surface area contributed by atoms with E-state index in [0.717, 1.165) is 4.90 Å². The number of halogens is 1. The first-order chi connectivity index (χ1) is 6.22. The minimum absolute atomic E-state index is 1.02. The molecular weight excluding hydrogens is 284 g/mol. The van der Waals surface area contributed by atoms with E-state index in [2.05, 4.69) is 46.9 Å². The molecule has 0 amide bonds. The van der Waals surface area contributed by atoms with Gasteiger partial charge in [0, 0.05) is 19.5 Å². The van der Waals surface area contributed by atoms with Crippen molar-refractivity contribution in [3.05, 3.63) is 22.7 Å². The zero-order valence-electron chi connectivity index (χ0n) is 6.87. The van der Waals surface area contributed by atoms with Crippen LogP contribution in [-0.2, 0) is 0 Å². The van der Waals surface area contributed by atoms with E-state index >= 15 is 0 Å². The van der Waals surface area contributed by atoms with Crippen LogP contribution in [0.2, 0.25) is 0 Å². The normalized spacial score (nSPS) is 11.0. The summed E-state index contributed by atoms with van der Waals surface area (Å²) in [6.45, 7) is 0. The fourth-order valence-corrected chi connectivity index (χ4v) is 4.42. The average Bonchev–Trinajstić information content (AvgIpc) is 2.42. The number of hydrogen-bond acceptors (Lipinski definition) is 3. The highest BCUT2D eigenvalue weighted by Crippen LogP contribution is 2.41. The molecular formula is C9H7BrS3. The molecule has 0 atom stereocenters. The third-order valence-electron chi connectivity index (χ3n) is 1.77. The molecule has 2 aromatic rings. The van der Waals surface area contributed by atoms with Crippen molar-refractivity contribution in [3.63, 3.8) is 0 Å². The number of thiophene rings is 1. The summed E-state index contributed by atoms with van der Waals surface area (Å²) in [5.74, 6) is 0. The predicted octanol–water partition coefficient (Wildman–Crippen LogP) is 4.67. The molecule has 1 heterocycles. The van der Waals surface area contributed by atoms with Crippen molar-refractivity contribution in [2.75, 3.05) is 6.26 Å². The van der Waals surface area contributed by atoms with Crippen LogP contribution >= 0.6 is 51.7 Å². The lowest BCUT2D eigenvalue weighted by Gasteiger charge is -1.91. The van der Waals surface area contributed by atoms with E-state index in [1.807, 2.05) is 6.07 Å². The number of hydrogen-bond donors (Lipinski definition) is 1. The predicted molar refractivity (Wildman–Crippen MR) is 68.6 cm³/mol. The second-order valence-corrected chi connectivity index (χ2v) is 6.02. The number of fused-ring (bicyclic) bond motifs is 1. The molecule has 1 aromatic heterocycles. The van der Waals surface area contributed by atoms with Crippen LogP contribution in [0.1, 0.15) is 0 Å². The van der Waals surface area contributed by atoms with Gasteiger partial charge < -0.3 is 0 Å². The Morgan fingerprint density at radius 1 is 1.46 bits per heavy atom. The van der Waals surface area contributed by atoms with Crippen LogP contribution in [0.25, 0.3) is 10.1 Å². The lowest BCUT2D eigenvalue weighted by Crippen LogP contribution is -1.65. The summed E-state index contributed by atoms with van der Waals surface area (Å²) in [5, 5.41) is 1.28. The molecule has 0 aliphatic heterocycles. The van der Waals surface area contributed by atoms with Crippen molar-refractivity contribution in [1.29, 1.82) is 0 Å². The van der Waals surface area contributed by atoms with Crippen molar-refractivity contribution in [2.24, 2.45) is 0 Å². The Labute approximate surface area is 99.3 Å². The fraction of sp³-hybridized carbons (Fsp3) is 0.111. The van der Waals surface area contributed by atoms with Gasteiger partial charge in [0.15, 0.2) is 0 Å². The highest BCUT2D eigenvalue weighted by Gasteiger charge is 2.08. The quantitative estimate of drug-likeness (QED) is 0.588. The lowest BCUT2D eigenvalue weighted by molar-refractivity contribution is 1.54. The zero-order valence-corrected chi connectivity index (χ0v) is 11.0. The molecule has 0 nitrogen and oxygen atoms in total. The summed E-state index contributed by atoms with van der Waals surface area (Å²) in [5.41, 5.74) is 0. The van der Waals surface area contributed by atoms with Gasteiger partial charge in [0.25, 0.3) is 0 Å². The van der Waals surface area contributed by atoms with Gasteiger partial charge >= 0.3 is 0 Å². The first kappa shape index (κ1) is 9.90. The molecule has 68 valence electrons. The number of rotatable bonds is 1. The molecule has 0 saturated heterocycles. The molecule has 0 unspecified atom stereocenters. The standard InChI is InChI=1S/C9H7BrS3/c1-12-9-8(10)6-3-2-5(11)4-7(6)13-9/h2-4,11H,1H3. The monoisotopic (exact) mass is 290 g/mol. The number of thiol groups is 1. The van der Waals surface area contributed by atoms with Crippen molar-refractivity contribution in [2.45, 2.75) is 9.10 Å². The van der Waals surface area contributed by atoms with Crippen LogP contribution in [0.4, 0.5) is 0 Å². The van der Waals surface area contributed by atoms with E-state index in [0.29, 0.717) is 0 Å². The van der Waals surface area contributed by atoms with Gasteiger partial charge in [-0.25, -0.2) is 0 Å². The zero-order chi connectivity index (χ0) is 9.42. The maximum atomic E-state index is 4.32. The van der Waals surface area contributed by atoms with Crippen LogP contribution < -0.4 is 0 Å². The van der Waals surface area contributed by atoms with E-state index in [1.54, 1.807) is 23.1 Å². The van der Waals surface area contributed by atoms with Crippen molar-refractivity contribution >= 4 is 61.7 Å². The smallest absolute Gasteiger partial charge is 0.0751 e. The maximum absolute atomic E-state index is 4.32. The fourth-order valence-electron chi connectivity index (χ4n) is 1.16. The molecule has 4 heteroatoms. The minimum atomic E-state index is 1.02. The summed E-state index contributed by atoms with van der Waals surface area (Å²) in [7, 11) is 0. The van der Waals surface area contributed by atoms with Crippen LogP contribution in [-0.4, -0.2) is 6.26 Å². The largest absolute Gasteiger partial charge is 0.143 e. The lowest BCUT2D eigenvalue weighted by atomic mass is 10.3.